The first-order valence-electron chi connectivity index (χ1n) is 8.92. The van der Waals surface area contributed by atoms with Gasteiger partial charge < -0.3 is 15.0 Å². The molecule has 1 unspecified atom stereocenters. The van der Waals surface area contributed by atoms with Crippen LogP contribution in [0.4, 0.5) is 10.1 Å². The number of aryl methyl sites for hydroxylation is 2. The molecular formula is C21H23FN2O3. The average Bonchev–Trinajstić information content (AvgIpc) is 2.62. The molecule has 5 nitrogen and oxygen atoms in total. The van der Waals surface area contributed by atoms with Gasteiger partial charge in [-0.05, 0) is 54.8 Å². The molecule has 27 heavy (non-hydrogen) atoms. The molecule has 1 heterocycles. The summed E-state index contributed by atoms with van der Waals surface area (Å²) in [5.74, 6) is -0.583. The summed E-state index contributed by atoms with van der Waals surface area (Å²) in [6.07, 6.45) is -0.104. The molecule has 0 radical (unpaired) electrons. The summed E-state index contributed by atoms with van der Waals surface area (Å²) < 4.78 is 18.5. The second-order valence-electron chi connectivity index (χ2n) is 6.89. The summed E-state index contributed by atoms with van der Waals surface area (Å²) in [5, 5.41) is 2.83. The number of ether oxygens (including phenoxy) is 1. The van der Waals surface area contributed by atoms with Crippen molar-refractivity contribution >= 4 is 17.5 Å². The van der Waals surface area contributed by atoms with Crippen LogP contribution in [-0.4, -0.2) is 37.6 Å². The van der Waals surface area contributed by atoms with Gasteiger partial charge in [0.15, 0.2) is 0 Å². The fourth-order valence-corrected chi connectivity index (χ4v) is 3.18. The number of nitrogens with zero attached hydrogens (tertiary/aromatic N) is 1. The van der Waals surface area contributed by atoms with Crippen LogP contribution in [0.2, 0.25) is 0 Å². The summed E-state index contributed by atoms with van der Waals surface area (Å²) >= 11 is 0. The highest BCUT2D eigenvalue weighted by Gasteiger charge is 2.28. The first-order chi connectivity index (χ1) is 12.9. The number of carbonyl (C=O) groups is 2. The number of morpholine rings is 1. The Morgan fingerprint density at radius 1 is 1.19 bits per heavy atom. The van der Waals surface area contributed by atoms with Crippen LogP contribution in [0.25, 0.3) is 0 Å². The molecule has 2 amide bonds. The summed E-state index contributed by atoms with van der Waals surface area (Å²) in [4.78, 5) is 26.1. The molecule has 1 N–H and O–H groups in total. The van der Waals surface area contributed by atoms with Crippen molar-refractivity contribution in [1.29, 1.82) is 0 Å². The van der Waals surface area contributed by atoms with Gasteiger partial charge in [-0.25, -0.2) is 4.39 Å². The Labute approximate surface area is 158 Å². The lowest BCUT2D eigenvalue weighted by Gasteiger charge is -2.33. The van der Waals surface area contributed by atoms with Gasteiger partial charge in [0.1, 0.15) is 12.4 Å². The Morgan fingerprint density at radius 2 is 1.85 bits per heavy atom. The van der Waals surface area contributed by atoms with E-state index in [1.165, 1.54) is 12.1 Å². The Morgan fingerprint density at radius 3 is 2.52 bits per heavy atom. The monoisotopic (exact) mass is 370 g/mol. The van der Waals surface area contributed by atoms with Gasteiger partial charge in [-0.3, -0.25) is 9.59 Å². The molecule has 2 aromatic rings. The van der Waals surface area contributed by atoms with Gasteiger partial charge in [-0.1, -0.05) is 18.2 Å². The van der Waals surface area contributed by atoms with Crippen LogP contribution in [0, 0.1) is 19.7 Å². The topological polar surface area (TPSA) is 58.6 Å². The number of rotatable bonds is 5. The predicted molar refractivity (Wildman–Crippen MR) is 101 cm³/mol. The molecule has 142 valence electrons. The van der Waals surface area contributed by atoms with E-state index in [0.29, 0.717) is 13.1 Å². The van der Waals surface area contributed by atoms with Crippen LogP contribution in [0.1, 0.15) is 16.7 Å². The lowest BCUT2D eigenvalue weighted by atomic mass is 10.1. The summed E-state index contributed by atoms with van der Waals surface area (Å²) in [6.45, 7) is 4.68. The number of amides is 2. The first-order valence-corrected chi connectivity index (χ1v) is 8.92. The van der Waals surface area contributed by atoms with Gasteiger partial charge >= 0.3 is 0 Å². The van der Waals surface area contributed by atoms with E-state index in [1.54, 1.807) is 17.0 Å². The molecule has 1 saturated heterocycles. The van der Waals surface area contributed by atoms with Crippen LogP contribution < -0.4 is 10.2 Å². The van der Waals surface area contributed by atoms with Crippen molar-refractivity contribution in [2.24, 2.45) is 0 Å². The van der Waals surface area contributed by atoms with E-state index in [0.717, 1.165) is 22.4 Å². The summed E-state index contributed by atoms with van der Waals surface area (Å²) in [7, 11) is 0. The highest BCUT2D eigenvalue weighted by Crippen LogP contribution is 2.21. The van der Waals surface area contributed by atoms with Crippen LogP contribution in [0.3, 0.4) is 0 Å². The minimum atomic E-state index is -0.328. The first kappa shape index (κ1) is 19.0. The van der Waals surface area contributed by atoms with Gasteiger partial charge in [-0.15, -0.1) is 0 Å². The van der Waals surface area contributed by atoms with Gasteiger partial charge in [0.05, 0.1) is 19.1 Å². The number of carbonyl (C=O) groups excluding carboxylic acids is 2. The highest BCUT2D eigenvalue weighted by atomic mass is 19.1. The van der Waals surface area contributed by atoms with Crippen molar-refractivity contribution in [2.75, 3.05) is 24.6 Å². The normalized spacial score (nSPS) is 17.1. The smallest absolute Gasteiger partial charge is 0.253 e. The third kappa shape index (κ3) is 5.14. The summed E-state index contributed by atoms with van der Waals surface area (Å²) in [5.41, 5.74) is 3.77. The molecule has 1 aliphatic rings. The SMILES string of the molecule is Cc1cc(C)cc(N2CC(CNC(=O)Cc3ccc(F)cc3)OCC2=O)c1. The van der Waals surface area contributed by atoms with Crippen LogP contribution in [-0.2, 0) is 20.7 Å². The molecule has 2 aromatic carbocycles. The second kappa shape index (κ2) is 8.31. The van der Waals surface area contributed by atoms with E-state index in [4.69, 9.17) is 4.74 Å². The quantitative estimate of drug-likeness (QED) is 0.880. The molecule has 1 atom stereocenters. The number of nitrogens with one attached hydrogen (secondary N) is 1. The molecule has 0 spiro atoms. The van der Waals surface area contributed by atoms with Gasteiger partial charge in [-0.2, -0.15) is 0 Å². The lowest BCUT2D eigenvalue weighted by molar-refractivity contribution is -0.129. The predicted octanol–water partition coefficient (Wildman–Crippen LogP) is 2.53. The van der Waals surface area contributed by atoms with E-state index in [9.17, 15) is 14.0 Å². The Balaban J connectivity index is 1.57. The zero-order chi connectivity index (χ0) is 19.4. The van der Waals surface area contributed by atoms with Gasteiger partial charge in [0, 0.05) is 12.2 Å². The van der Waals surface area contributed by atoms with Crippen molar-refractivity contribution in [1.82, 2.24) is 5.32 Å². The molecule has 6 heteroatoms. The number of anilines is 1. The standard InChI is InChI=1S/C21H23FN2O3/c1-14-7-15(2)9-18(8-14)24-12-19(27-13-21(24)26)11-23-20(25)10-16-3-5-17(22)6-4-16/h3-9,19H,10-13H2,1-2H3,(H,23,25). The minimum absolute atomic E-state index is 0.00844. The molecule has 0 bridgehead atoms. The van der Waals surface area contributed by atoms with Crippen LogP contribution in [0.5, 0.6) is 0 Å². The molecule has 0 saturated carbocycles. The molecule has 0 aliphatic carbocycles. The maximum Gasteiger partial charge on any atom is 0.253 e. The van der Waals surface area contributed by atoms with E-state index in [-0.39, 0.29) is 36.8 Å². The second-order valence-corrected chi connectivity index (χ2v) is 6.89. The maximum atomic E-state index is 12.9. The minimum Gasteiger partial charge on any atom is -0.365 e. The number of hydrogen-bond donors (Lipinski definition) is 1. The maximum absolute atomic E-state index is 12.9. The van der Waals surface area contributed by atoms with Crippen LogP contribution in [0.15, 0.2) is 42.5 Å². The van der Waals surface area contributed by atoms with E-state index in [1.807, 2.05) is 26.0 Å². The third-order valence-electron chi connectivity index (χ3n) is 4.45. The van der Waals surface area contributed by atoms with Crippen molar-refractivity contribution in [3.8, 4) is 0 Å². The Kier molecular flexibility index (Phi) is 5.86. The van der Waals surface area contributed by atoms with Crippen molar-refractivity contribution in [2.45, 2.75) is 26.4 Å². The Bertz CT molecular complexity index is 816. The lowest BCUT2D eigenvalue weighted by Crippen LogP contribution is -2.50. The molecule has 3 rings (SSSR count). The fraction of sp³-hybridized carbons (Fsp3) is 0.333. The van der Waals surface area contributed by atoms with Crippen molar-refractivity contribution in [3.63, 3.8) is 0 Å². The molecule has 0 aromatic heterocycles. The van der Waals surface area contributed by atoms with Gasteiger partial charge in [0.25, 0.3) is 5.91 Å². The molecular weight excluding hydrogens is 347 g/mol. The fourth-order valence-electron chi connectivity index (χ4n) is 3.18. The van der Waals surface area contributed by atoms with Crippen LogP contribution >= 0.6 is 0 Å². The van der Waals surface area contributed by atoms with E-state index in [2.05, 4.69) is 11.4 Å². The zero-order valence-electron chi connectivity index (χ0n) is 15.5. The highest BCUT2D eigenvalue weighted by molar-refractivity contribution is 5.95. The number of benzene rings is 2. The zero-order valence-corrected chi connectivity index (χ0v) is 15.5. The van der Waals surface area contributed by atoms with Crippen molar-refractivity contribution < 1.29 is 18.7 Å². The Hall–Kier alpha value is -2.73. The molecule has 1 fully saturated rings. The third-order valence-corrected chi connectivity index (χ3v) is 4.45. The van der Waals surface area contributed by atoms with E-state index < -0.39 is 0 Å². The molecule has 1 aliphatic heterocycles. The number of hydrogen-bond acceptors (Lipinski definition) is 3. The summed E-state index contributed by atoms with van der Waals surface area (Å²) in [6, 6.07) is 11.8. The average molecular weight is 370 g/mol. The van der Waals surface area contributed by atoms with E-state index >= 15 is 0 Å². The number of halogens is 1. The largest absolute Gasteiger partial charge is 0.365 e. The van der Waals surface area contributed by atoms with Gasteiger partial charge in [0.2, 0.25) is 5.91 Å². The van der Waals surface area contributed by atoms with Crippen molar-refractivity contribution in [3.05, 3.63) is 65.0 Å².